The normalized spacial score (nSPS) is 19.3. The highest BCUT2D eigenvalue weighted by Crippen LogP contribution is 2.37. The minimum Gasteiger partial charge on any atom is -0.339 e. The van der Waals surface area contributed by atoms with Gasteiger partial charge in [-0.2, -0.15) is 0 Å². The summed E-state index contributed by atoms with van der Waals surface area (Å²) in [5, 5.41) is 3.49. The van der Waals surface area contributed by atoms with E-state index in [1.165, 1.54) is 12.0 Å². The second-order valence-corrected chi connectivity index (χ2v) is 7.54. The monoisotopic (exact) mass is 334 g/mol. The zero-order chi connectivity index (χ0) is 17.1. The lowest BCUT2D eigenvalue weighted by Crippen LogP contribution is -2.44. The Labute approximate surface area is 150 Å². The van der Waals surface area contributed by atoms with Crippen LogP contribution in [0.3, 0.4) is 0 Å². The van der Waals surface area contributed by atoms with E-state index in [0.717, 1.165) is 56.6 Å². The van der Waals surface area contributed by atoms with Crippen molar-refractivity contribution in [2.75, 3.05) is 26.2 Å². The third-order valence-electron chi connectivity index (χ3n) is 5.93. The van der Waals surface area contributed by atoms with Crippen LogP contribution in [0.4, 0.5) is 0 Å². The van der Waals surface area contributed by atoms with E-state index in [-0.39, 0.29) is 5.91 Å². The Hall–Kier alpha value is -2.13. The molecule has 2 aromatic rings. The average Bonchev–Trinajstić information content (AvgIpc) is 3.11. The van der Waals surface area contributed by atoms with Gasteiger partial charge < -0.3 is 10.2 Å². The van der Waals surface area contributed by atoms with Crippen LogP contribution in [-0.4, -0.2) is 37.0 Å². The van der Waals surface area contributed by atoms with E-state index in [2.05, 4.69) is 40.5 Å². The van der Waals surface area contributed by atoms with Gasteiger partial charge in [-0.3, -0.25) is 4.79 Å². The first-order valence-electron chi connectivity index (χ1n) is 9.38. The number of nitrogens with one attached hydrogen (secondary N) is 1. The second-order valence-electron chi connectivity index (χ2n) is 7.54. The van der Waals surface area contributed by atoms with Gasteiger partial charge in [-0.05, 0) is 54.8 Å². The smallest absolute Gasteiger partial charge is 0.254 e. The molecule has 0 bridgehead atoms. The quantitative estimate of drug-likeness (QED) is 0.932. The Morgan fingerprint density at radius 1 is 0.960 bits per heavy atom. The second kappa shape index (κ2) is 7.01. The Morgan fingerprint density at radius 3 is 2.40 bits per heavy atom. The molecule has 0 aromatic heterocycles. The van der Waals surface area contributed by atoms with Crippen molar-refractivity contribution in [3.05, 3.63) is 71.3 Å². The van der Waals surface area contributed by atoms with Gasteiger partial charge >= 0.3 is 0 Å². The Kier molecular flexibility index (Phi) is 4.58. The summed E-state index contributed by atoms with van der Waals surface area (Å²) in [5.74, 6) is 0.201. The highest BCUT2D eigenvalue weighted by molar-refractivity contribution is 5.95. The lowest BCUT2D eigenvalue weighted by atomic mass is 9.77. The zero-order valence-corrected chi connectivity index (χ0v) is 14.7. The fraction of sp³-hybridized carbons (Fsp3) is 0.409. The van der Waals surface area contributed by atoms with E-state index in [1.54, 1.807) is 0 Å². The van der Waals surface area contributed by atoms with Crippen LogP contribution in [0.1, 0.15) is 40.7 Å². The molecule has 130 valence electrons. The van der Waals surface area contributed by atoms with Gasteiger partial charge in [0.05, 0.1) is 0 Å². The average molecular weight is 334 g/mol. The molecule has 3 heteroatoms. The van der Waals surface area contributed by atoms with Gasteiger partial charge in [-0.1, -0.05) is 48.5 Å². The van der Waals surface area contributed by atoms with E-state index in [9.17, 15) is 4.79 Å². The minimum atomic E-state index is 0.201. The maximum Gasteiger partial charge on any atom is 0.254 e. The van der Waals surface area contributed by atoms with Crippen molar-refractivity contribution < 1.29 is 4.79 Å². The number of piperidine rings is 1. The molecule has 0 aliphatic carbocycles. The minimum absolute atomic E-state index is 0.201. The van der Waals surface area contributed by atoms with Crippen molar-refractivity contribution in [1.82, 2.24) is 10.2 Å². The highest BCUT2D eigenvalue weighted by atomic mass is 16.2. The van der Waals surface area contributed by atoms with Crippen LogP contribution in [-0.2, 0) is 6.42 Å². The van der Waals surface area contributed by atoms with Crippen LogP contribution in [0.15, 0.2) is 54.6 Å². The maximum absolute atomic E-state index is 13.1. The summed E-state index contributed by atoms with van der Waals surface area (Å²) in [6.07, 6.45) is 4.34. The Bertz CT molecular complexity index is 725. The summed E-state index contributed by atoms with van der Waals surface area (Å²) in [6, 6.07) is 18.5. The number of rotatable bonds is 3. The van der Waals surface area contributed by atoms with Crippen LogP contribution in [0.25, 0.3) is 0 Å². The Balaban J connectivity index is 1.49. The molecule has 3 nitrogen and oxygen atoms in total. The van der Waals surface area contributed by atoms with Gasteiger partial charge in [0.15, 0.2) is 0 Å². The molecule has 0 radical (unpaired) electrons. The van der Waals surface area contributed by atoms with Crippen molar-refractivity contribution >= 4 is 5.91 Å². The SMILES string of the molecule is O=C(c1ccccc1Cc1ccccc1)N1CCC2(CCNC2)CC1. The molecule has 2 fully saturated rings. The molecule has 2 saturated heterocycles. The van der Waals surface area contributed by atoms with E-state index in [1.807, 2.05) is 24.3 Å². The molecule has 1 amide bonds. The number of likely N-dealkylation sites (tertiary alicyclic amines) is 1. The van der Waals surface area contributed by atoms with Crippen molar-refractivity contribution in [3.63, 3.8) is 0 Å². The fourth-order valence-corrected chi connectivity index (χ4v) is 4.28. The predicted molar refractivity (Wildman–Crippen MR) is 101 cm³/mol. The fourth-order valence-electron chi connectivity index (χ4n) is 4.28. The third-order valence-corrected chi connectivity index (χ3v) is 5.93. The summed E-state index contributed by atoms with van der Waals surface area (Å²) in [5.41, 5.74) is 3.69. The molecule has 2 aliphatic rings. The number of carbonyl (C=O) groups is 1. The third kappa shape index (κ3) is 3.47. The number of carbonyl (C=O) groups excluding carboxylic acids is 1. The van der Waals surface area contributed by atoms with Crippen molar-refractivity contribution in [2.24, 2.45) is 5.41 Å². The first kappa shape index (κ1) is 16.3. The molecule has 2 heterocycles. The van der Waals surface area contributed by atoms with E-state index >= 15 is 0 Å². The van der Waals surface area contributed by atoms with Gasteiger partial charge in [-0.25, -0.2) is 0 Å². The van der Waals surface area contributed by atoms with Crippen LogP contribution in [0.5, 0.6) is 0 Å². The van der Waals surface area contributed by atoms with E-state index < -0.39 is 0 Å². The highest BCUT2D eigenvalue weighted by Gasteiger charge is 2.38. The van der Waals surface area contributed by atoms with Gasteiger partial charge in [0.25, 0.3) is 5.91 Å². The first-order chi connectivity index (χ1) is 12.3. The molecule has 0 atom stereocenters. The van der Waals surface area contributed by atoms with Crippen LogP contribution < -0.4 is 5.32 Å². The standard InChI is InChI=1S/C22H26N2O/c25-21(24-14-11-22(12-15-24)10-13-23-17-22)20-9-5-4-8-19(20)16-18-6-2-1-3-7-18/h1-9,23H,10-17H2. The molecule has 1 spiro atoms. The van der Waals surface area contributed by atoms with Gasteiger partial charge in [0.2, 0.25) is 0 Å². The van der Waals surface area contributed by atoms with E-state index in [4.69, 9.17) is 0 Å². The largest absolute Gasteiger partial charge is 0.339 e. The topological polar surface area (TPSA) is 32.3 Å². The van der Waals surface area contributed by atoms with Gasteiger partial charge in [-0.15, -0.1) is 0 Å². The molecular weight excluding hydrogens is 308 g/mol. The predicted octanol–water partition coefficient (Wildman–Crippen LogP) is 3.49. The number of benzene rings is 2. The van der Waals surface area contributed by atoms with Crippen molar-refractivity contribution in [3.8, 4) is 0 Å². The van der Waals surface area contributed by atoms with E-state index in [0.29, 0.717) is 5.41 Å². The van der Waals surface area contributed by atoms with Crippen LogP contribution >= 0.6 is 0 Å². The summed E-state index contributed by atoms with van der Waals surface area (Å²) in [4.78, 5) is 15.2. The van der Waals surface area contributed by atoms with Crippen molar-refractivity contribution in [1.29, 1.82) is 0 Å². The lowest BCUT2D eigenvalue weighted by molar-refractivity contribution is 0.0607. The molecular formula is C22H26N2O. The molecule has 1 N–H and O–H groups in total. The number of hydrogen-bond donors (Lipinski definition) is 1. The van der Waals surface area contributed by atoms with Crippen LogP contribution in [0, 0.1) is 5.41 Å². The molecule has 0 unspecified atom stereocenters. The van der Waals surface area contributed by atoms with Crippen molar-refractivity contribution in [2.45, 2.75) is 25.7 Å². The summed E-state index contributed by atoms with van der Waals surface area (Å²) in [7, 11) is 0. The first-order valence-corrected chi connectivity index (χ1v) is 9.38. The lowest BCUT2D eigenvalue weighted by Gasteiger charge is -2.39. The Morgan fingerprint density at radius 2 is 1.68 bits per heavy atom. The molecule has 2 aliphatic heterocycles. The zero-order valence-electron chi connectivity index (χ0n) is 14.7. The molecule has 4 rings (SSSR count). The van der Waals surface area contributed by atoms with Gasteiger partial charge in [0, 0.05) is 25.2 Å². The summed E-state index contributed by atoms with van der Waals surface area (Å²) < 4.78 is 0. The maximum atomic E-state index is 13.1. The number of amides is 1. The number of nitrogens with zero attached hydrogens (tertiary/aromatic N) is 1. The molecule has 2 aromatic carbocycles. The van der Waals surface area contributed by atoms with Gasteiger partial charge in [0.1, 0.15) is 0 Å². The molecule has 0 saturated carbocycles. The summed E-state index contributed by atoms with van der Waals surface area (Å²) >= 11 is 0. The van der Waals surface area contributed by atoms with Crippen LogP contribution in [0.2, 0.25) is 0 Å². The summed E-state index contributed by atoms with van der Waals surface area (Å²) in [6.45, 7) is 4.04. The molecule has 25 heavy (non-hydrogen) atoms. The number of hydrogen-bond acceptors (Lipinski definition) is 2.